The molecule has 0 aliphatic rings. The highest BCUT2D eigenvalue weighted by atomic mass is 35.5. The molecule has 1 aromatic carbocycles. The zero-order chi connectivity index (χ0) is 13.7. The van der Waals surface area contributed by atoms with E-state index >= 15 is 0 Å². The van der Waals surface area contributed by atoms with Crippen molar-refractivity contribution in [2.45, 2.75) is 53.0 Å². The molecule has 2 N–H and O–H groups in total. The van der Waals surface area contributed by atoms with Crippen molar-refractivity contribution in [3.05, 3.63) is 27.8 Å². The van der Waals surface area contributed by atoms with Crippen molar-refractivity contribution in [3.8, 4) is 5.75 Å². The van der Waals surface area contributed by atoms with Crippen molar-refractivity contribution in [2.24, 2.45) is 5.73 Å². The molecule has 0 aromatic heterocycles. The standard InChI is InChI=1S/C15H24ClNO.ClH/c1-5-7-18-15-11(4)10(3)12(9-14(15)16)8-13(17)6-2;/h9,13H,5-8,17H2,1-4H3;1H. The van der Waals surface area contributed by atoms with E-state index in [4.69, 9.17) is 22.1 Å². The first kappa shape index (κ1) is 18.6. The number of benzene rings is 1. The maximum absolute atomic E-state index is 6.30. The molecule has 1 aromatic rings. The zero-order valence-electron chi connectivity index (χ0n) is 12.3. The van der Waals surface area contributed by atoms with E-state index in [0.29, 0.717) is 11.6 Å². The number of ether oxygens (including phenoxy) is 1. The van der Waals surface area contributed by atoms with Gasteiger partial charge >= 0.3 is 0 Å². The Bertz CT molecular complexity index is 408. The molecule has 0 spiro atoms. The molecular weight excluding hydrogens is 281 g/mol. The topological polar surface area (TPSA) is 35.2 Å². The van der Waals surface area contributed by atoms with Crippen LogP contribution in [0, 0.1) is 13.8 Å². The molecule has 1 rings (SSSR count). The van der Waals surface area contributed by atoms with Crippen molar-refractivity contribution >= 4 is 24.0 Å². The number of nitrogens with two attached hydrogens (primary N) is 1. The van der Waals surface area contributed by atoms with Crippen LogP contribution in [0.15, 0.2) is 6.07 Å². The third-order valence-electron chi connectivity index (χ3n) is 3.36. The van der Waals surface area contributed by atoms with Crippen molar-refractivity contribution < 1.29 is 4.74 Å². The maximum Gasteiger partial charge on any atom is 0.141 e. The molecule has 0 fully saturated rings. The van der Waals surface area contributed by atoms with Gasteiger partial charge in [-0.05, 0) is 55.9 Å². The number of hydrogen-bond acceptors (Lipinski definition) is 2. The Morgan fingerprint density at radius 2 is 1.89 bits per heavy atom. The van der Waals surface area contributed by atoms with Gasteiger partial charge in [0.1, 0.15) is 5.75 Å². The Balaban J connectivity index is 0.00000324. The van der Waals surface area contributed by atoms with E-state index in [1.54, 1.807) is 0 Å². The minimum Gasteiger partial charge on any atom is -0.492 e. The summed E-state index contributed by atoms with van der Waals surface area (Å²) in [5.74, 6) is 0.824. The van der Waals surface area contributed by atoms with Crippen LogP contribution in [0.5, 0.6) is 5.75 Å². The van der Waals surface area contributed by atoms with Gasteiger partial charge < -0.3 is 10.5 Å². The van der Waals surface area contributed by atoms with Crippen LogP contribution in [0.2, 0.25) is 5.02 Å². The minimum atomic E-state index is 0. The molecule has 0 saturated carbocycles. The lowest BCUT2D eigenvalue weighted by molar-refractivity contribution is 0.315. The lowest BCUT2D eigenvalue weighted by Gasteiger charge is -2.18. The Hall–Kier alpha value is -0.440. The van der Waals surface area contributed by atoms with E-state index in [0.717, 1.165) is 30.6 Å². The molecule has 0 amide bonds. The highest BCUT2D eigenvalue weighted by Crippen LogP contribution is 2.33. The SMILES string of the molecule is CCCOc1c(Cl)cc(CC(N)CC)c(C)c1C.Cl. The van der Waals surface area contributed by atoms with E-state index in [9.17, 15) is 0 Å². The zero-order valence-corrected chi connectivity index (χ0v) is 13.8. The first-order chi connectivity index (χ1) is 8.51. The molecule has 0 saturated heterocycles. The second kappa shape index (κ2) is 8.68. The second-order valence-electron chi connectivity index (χ2n) is 4.82. The van der Waals surface area contributed by atoms with Gasteiger partial charge in [0.2, 0.25) is 0 Å². The second-order valence-corrected chi connectivity index (χ2v) is 5.22. The lowest BCUT2D eigenvalue weighted by Crippen LogP contribution is -2.22. The average Bonchev–Trinajstić information content (AvgIpc) is 2.35. The summed E-state index contributed by atoms with van der Waals surface area (Å²) >= 11 is 6.30. The Kier molecular flexibility index (Phi) is 8.47. The van der Waals surface area contributed by atoms with Crippen LogP contribution in [-0.2, 0) is 6.42 Å². The van der Waals surface area contributed by atoms with Gasteiger partial charge in [-0.3, -0.25) is 0 Å². The summed E-state index contributed by atoms with van der Waals surface area (Å²) in [5.41, 5.74) is 9.63. The highest BCUT2D eigenvalue weighted by molar-refractivity contribution is 6.32. The van der Waals surface area contributed by atoms with Gasteiger partial charge in [-0.15, -0.1) is 12.4 Å². The first-order valence-electron chi connectivity index (χ1n) is 6.68. The smallest absolute Gasteiger partial charge is 0.141 e. The van der Waals surface area contributed by atoms with Crippen molar-refractivity contribution in [3.63, 3.8) is 0 Å². The van der Waals surface area contributed by atoms with Crippen LogP contribution >= 0.6 is 24.0 Å². The van der Waals surface area contributed by atoms with Crippen LogP contribution in [0.3, 0.4) is 0 Å². The molecule has 1 unspecified atom stereocenters. The summed E-state index contributed by atoms with van der Waals surface area (Å²) in [6.07, 6.45) is 2.83. The monoisotopic (exact) mass is 305 g/mol. The summed E-state index contributed by atoms with van der Waals surface area (Å²) in [6, 6.07) is 2.20. The fourth-order valence-corrected chi connectivity index (χ4v) is 2.27. The first-order valence-corrected chi connectivity index (χ1v) is 7.05. The van der Waals surface area contributed by atoms with Gasteiger partial charge in [-0.25, -0.2) is 0 Å². The van der Waals surface area contributed by atoms with Crippen molar-refractivity contribution in [2.75, 3.05) is 6.61 Å². The average molecular weight is 306 g/mol. The lowest BCUT2D eigenvalue weighted by atomic mass is 9.96. The molecule has 1 atom stereocenters. The normalized spacial score (nSPS) is 11.9. The Morgan fingerprint density at radius 1 is 1.26 bits per heavy atom. The largest absolute Gasteiger partial charge is 0.492 e. The quantitative estimate of drug-likeness (QED) is 0.843. The van der Waals surface area contributed by atoms with Gasteiger partial charge in [-0.1, -0.05) is 25.4 Å². The summed E-state index contributed by atoms with van der Waals surface area (Å²) in [7, 11) is 0. The fraction of sp³-hybridized carbons (Fsp3) is 0.600. The van der Waals surface area contributed by atoms with Crippen LogP contribution < -0.4 is 10.5 Å². The van der Waals surface area contributed by atoms with E-state index in [2.05, 4.69) is 27.7 Å². The number of hydrogen-bond donors (Lipinski definition) is 1. The predicted octanol–water partition coefficient (Wildman–Crippen LogP) is 4.45. The van der Waals surface area contributed by atoms with Crippen LogP contribution in [-0.4, -0.2) is 12.6 Å². The summed E-state index contributed by atoms with van der Waals surface area (Å²) in [6.45, 7) is 9.07. The van der Waals surface area contributed by atoms with E-state index < -0.39 is 0 Å². The summed E-state index contributed by atoms with van der Waals surface area (Å²) < 4.78 is 5.72. The summed E-state index contributed by atoms with van der Waals surface area (Å²) in [4.78, 5) is 0. The van der Waals surface area contributed by atoms with Crippen LogP contribution in [0.1, 0.15) is 43.4 Å². The molecule has 0 radical (unpaired) electrons. The molecule has 4 heteroatoms. The molecule has 2 nitrogen and oxygen atoms in total. The molecular formula is C15H25Cl2NO. The van der Waals surface area contributed by atoms with E-state index in [1.165, 1.54) is 11.1 Å². The maximum atomic E-state index is 6.30. The highest BCUT2D eigenvalue weighted by Gasteiger charge is 2.14. The molecule has 110 valence electrons. The molecule has 0 aliphatic heterocycles. The molecule has 0 aliphatic carbocycles. The van der Waals surface area contributed by atoms with Crippen molar-refractivity contribution in [1.29, 1.82) is 0 Å². The van der Waals surface area contributed by atoms with Crippen LogP contribution in [0.25, 0.3) is 0 Å². The van der Waals surface area contributed by atoms with E-state index in [1.807, 2.05) is 6.07 Å². The van der Waals surface area contributed by atoms with Gasteiger partial charge in [0, 0.05) is 6.04 Å². The van der Waals surface area contributed by atoms with Crippen molar-refractivity contribution in [1.82, 2.24) is 0 Å². The molecule has 0 bridgehead atoms. The molecule has 0 heterocycles. The predicted molar refractivity (Wildman–Crippen MR) is 85.9 cm³/mol. The fourth-order valence-electron chi connectivity index (χ4n) is 1.94. The number of halogens is 2. The van der Waals surface area contributed by atoms with Gasteiger partial charge in [0.15, 0.2) is 0 Å². The third kappa shape index (κ3) is 4.87. The van der Waals surface area contributed by atoms with Gasteiger partial charge in [0.05, 0.1) is 11.6 Å². The Labute approximate surface area is 128 Å². The van der Waals surface area contributed by atoms with Gasteiger partial charge in [-0.2, -0.15) is 0 Å². The molecule has 19 heavy (non-hydrogen) atoms. The number of rotatable bonds is 6. The third-order valence-corrected chi connectivity index (χ3v) is 3.64. The van der Waals surface area contributed by atoms with Gasteiger partial charge in [0.25, 0.3) is 0 Å². The minimum absolute atomic E-state index is 0. The summed E-state index contributed by atoms with van der Waals surface area (Å²) in [5, 5.41) is 0.699. The van der Waals surface area contributed by atoms with Crippen LogP contribution in [0.4, 0.5) is 0 Å². The Morgan fingerprint density at radius 3 is 2.42 bits per heavy atom. The van der Waals surface area contributed by atoms with E-state index in [-0.39, 0.29) is 18.4 Å².